The number of nitrogens with one attached hydrogen (secondary N) is 3. The number of anilines is 1. The van der Waals surface area contributed by atoms with Gasteiger partial charge in [0.25, 0.3) is 5.91 Å². The van der Waals surface area contributed by atoms with E-state index in [1.54, 1.807) is 30.6 Å². The summed E-state index contributed by atoms with van der Waals surface area (Å²) in [4.78, 5) is 19.8. The maximum atomic E-state index is 12.5. The minimum atomic E-state index is -0.160. The number of hydrogen-bond donors (Lipinski definition) is 3. The number of nitrogens with zero attached hydrogens (tertiary/aromatic N) is 1. The van der Waals surface area contributed by atoms with Crippen LogP contribution in [0.25, 0.3) is 11.0 Å². The Labute approximate surface area is 146 Å². The number of fused-ring (bicyclic) bond motifs is 1. The lowest BCUT2D eigenvalue weighted by Crippen LogP contribution is -2.14. The van der Waals surface area contributed by atoms with Crippen molar-refractivity contribution in [2.45, 2.75) is 25.7 Å². The largest absolute Gasteiger partial charge is 0.346 e. The van der Waals surface area contributed by atoms with Gasteiger partial charge in [0.2, 0.25) is 0 Å². The Morgan fingerprint density at radius 2 is 1.80 bits per heavy atom. The van der Waals surface area contributed by atoms with E-state index in [2.05, 4.69) is 15.3 Å². The Hall–Kier alpha value is -2.95. The molecule has 2 aromatic heterocycles. The van der Waals surface area contributed by atoms with Crippen LogP contribution in [0.5, 0.6) is 0 Å². The van der Waals surface area contributed by atoms with Crippen molar-refractivity contribution < 1.29 is 4.79 Å². The smallest absolute Gasteiger partial charge is 0.255 e. The molecule has 0 spiro atoms. The molecular weight excluding hydrogens is 312 g/mol. The van der Waals surface area contributed by atoms with Crippen LogP contribution in [0, 0.1) is 11.3 Å². The van der Waals surface area contributed by atoms with Crippen LogP contribution in [0.4, 0.5) is 5.69 Å². The number of H-pyrrole nitrogens is 1. The molecule has 0 bridgehead atoms. The van der Waals surface area contributed by atoms with E-state index < -0.39 is 0 Å². The van der Waals surface area contributed by atoms with Crippen molar-refractivity contribution >= 4 is 28.3 Å². The van der Waals surface area contributed by atoms with Crippen molar-refractivity contribution in [1.29, 1.82) is 5.41 Å². The molecule has 2 heterocycles. The van der Waals surface area contributed by atoms with Crippen molar-refractivity contribution in [3.8, 4) is 0 Å². The molecule has 0 radical (unpaired) electrons. The number of carbonyl (C=O) groups is 1. The normalized spacial score (nSPS) is 14.7. The lowest BCUT2D eigenvalue weighted by atomic mass is 9.95. The van der Waals surface area contributed by atoms with Gasteiger partial charge in [-0.1, -0.05) is 25.0 Å². The molecule has 3 N–H and O–H groups in total. The molecule has 0 aliphatic heterocycles. The summed E-state index contributed by atoms with van der Waals surface area (Å²) in [5, 5.41) is 12.2. The topological polar surface area (TPSA) is 81.6 Å². The Morgan fingerprint density at radius 3 is 2.56 bits per heavy atom. The molecule has 1 aliphatic carbocycles. The summed E-state index contributed by atoms with van der Waals surface area (Å²) in [6.45, 7) is 0. The number of amides is 1. The third kappa shape index (κ3) is 3.05. The van der Waals surface area contributed by atoms with Crippen LogP contribution in [0.2, 0.25) is 0 Å². The second-order valence-corrected chi connectivity index (χ2v) is 6.52. The molecule has 25 heavy (non-hydrogen) atoms. The summed E-state index contributed by atoms with van der Waals surface area (Å²) in [7, 11) is 0. The van der Waals surface area contributed by atoms with Crippen LogP contribution >= 0.6 is 0 Å². The van der Waals surface area contributed by atoms with E-state index in [1.165, 1.54) is 12.8 Å². The van der Waals surface area contributed by atoms with Gasteiger partial charge >= 0.3 is 0 Å². The lowest BCUT2D eigenvalue weighted by molar-refractivity contribution is 0.102. The number of rotatable bonds is 4. The second kappa shape index (κ2) is 6.51. The van der Waals surface area contributed by atoms with E-state index in [9.17, 15) is 4.79 Å². The van der Waals surface area contributed by atoms with Gasteiger partial charge in [0.15, 0.2) is 0 Å². The summed E-state index contributed by atoms with van der Waals surface area (Å²) in [6, 6.07) is 11.0. The van der Waals surface area contributed by atoms with E-state index >= 15 is 0 Å². The molecule has 5 nitrogen and oxygen atoms in total. The fourth-order valence-corrected chi connectivity index (χ4v) is 3.52. The van der Waals surface area contributed by atoms with Crippen molar-refractivity contribution in [2.75, 3.05) is 5.32 Å². The molecule has 1 aromatic carbocycles. The van der Waals surface area contributed by atoms with E-state index in [0.29, 0.717) is 17.2 Å². The first-order valence-corrected chi connectivity index (χ1v) is 8.65. The van der Waals surface area contributed by atoms with Crippen LogP contribution in [0.15, 0.2) is 48.8 Å². The summed E-state index contributed by atoms with van der Waals surface area (Å²) in [6.07, 6.45) is 8.11. The van der Waals surface area contributed by atoms with E-state index in [1.807, 2.05) is 18.2 Å². The molecule has 0 saturated heterocycles. The summed E-state index contributed by atoms with van der Waals surface area (Å²) in [5.74, 6) is 0.214. The van der Waals surface area contributed by atoms with Gasteiger partial charge in [-0.2, -0.15) is 0 Å². The van der Waals surface area contributed by atoms with Crippen molar-refractivity contribution in [3.63, 3.8) is 0 Å². The van der Waals surface area contributed by atoms with Crippen molar-refractivity contribution in [2.24, 2.45) is 5.92 Å². The zero-order chi connectivity index (χ0) is 17.2. The standard InChI is InChI=1S/C20H20N4O/c21-18(13-3-1-2-4-13)14-5-7-15(8-6-14)20(25)24-17-10-12-23-19-16(17)9-11-22-19/h5-13,21H,1-4H2,(H2,22,23,24,25). The van der Waals surface area contributed by atoms with Gasteiger partial charge in [-0.15, -0.1) is 0 Å². The number of hydrogen-bond acceptors (Lipinski definition) is 3. The number of aromatic amines is 1. The molecule has 4 rings (SSSR count). The van der Waals surface area contributed by atoms with Gasteiger partial charge < -0.3 is 15.7 Å². The Bertz CT molecular complexity index is 920. The highest BCUT2D eigenvalue weighted by Crippen LogP contribution is 2.28. The molecule has 126 valence electrons. The first kappa shape index (κ1) is 15.6. The highest BCUT2D eigenvalue weighted by molar-refractivity contribution is 6.09. The molecule has 1 fully saturated rings. The van der Waals surface area contributed by atoms with E-state index in [0.717, 1.165) is 35.1 Å². The molecule has 1 aliphatic rings. The number of aromatic nitrogens is 2. The highest BCUT2D eigenvalue weighted by Gasteiger charge is 2.20. The number of pyridine rings is 1. The molecule has 0 unspecified atom stereocenters. The van der Waals surface area contributed by atoms with E-state index in [4.69, 9.17) is 5.41 Å². The SMILES string of the molecule is N=C(c1ccc(C(=O)Nc2ccnc3[nH]ccc23)cc1)C1CCCC1. The van der Waals surface area contributed by atoms with Crippen molar-refractivity contribution in [3.05, 3.63) is 59.9 Å². The van der Waals surface area contributed by atoms with Crippen molar-refractivity contribution in [1.82, 2.24) is 9.97 Å². The molecule has 3 aromatic rings. The van der Waals surface area contributed by atoms with Crippen LogP contribution in [0.1, 0.15) is 41.6 Å². The number of benzene rings is 1. The van der Waals surface area contributed by atoms with Gasteiger partial charge in [-0.3, -0.25) is 4.79 Å². The minimum absolute atomic E-state index is 0.160. The van der Waals surface area contributed by atoms with Gasteiger partial charge in [0, 0.05) is 35.0 Å². The zero-order valence-corrected chi connectivity index (χ0v) is 13.9. The van der Waals surface area contributed by atoms with Crippen LogP contribution in [-0.2, 0) is 0 Å². The summed E-state index contributed by atoms with van der Waals surface area (Å²) < 4.78 is 0. The Balaban J connectivity index is 1.50. The molecule has 1 saturated carbocycles. The van der Waals surface area contributed by atoms with Crippen LogP contribution in [0.3, 0.4) is 0 Å². The lowest BCUT2D eigenvalue weighted by Gasteiger charge is -2.12. The third-order valence-electron chi connectivity index (χ3n) is 4.93. The zero-order valence-electron chi connectivity index (χ0n) is 13.9. The van der Waals surface area contributed by atoms with Gasteiger partial charge in [0.1, 0.15) is 5.65 Å². The average molecular weight is 332 g/mol. The Morgan fingerprint density at radius 1 is 1.08 bits per heavy atom. The molecule has 0 atom stereocenters. The summed E-state index contributed by atoms with van der Waals surface area (Å²) >= 11 is 0. The third-order valence-corrected chi connectivity index (χ3v) is 4.93. The summed E-state index contributed by atoms with van der Waals surface area (Å²) in [5.41, 5.74) is 3.69. The highest BCUT2D eigenvalue weighted by atomic mass is 16.1. The maximum Gasteiger partial charge on any atom is 0.255 e. The fourth-order valence-electron chi connectivity index (χ4n) is 3.52. The van der Waals surface area contributed by atoms with E-state index in [-0.39, 0.29) is 5.91 Å². The predicted molar refractivity (Wildman–Crippen MR) is 99.3 cm³/mol. The predicted octanol–water partition coefficient (Wildman–Crippen LogP) is 4.37. The molecule has 5 heteroatoms. The van der Waals surface area contributed by atoms with Gasteiger partial charge in [-0.25, -0.2) is 4.98 Å². The Kier molecular flexibility index (Phi) is 4.06. The van der Waals surface area contributed by atoms with Crippen LogP contribution < -0.4 is 5.32 Å². The molecule has 1 amide bonds. The second-order valence-electron chi connectivity index (χ2n) is 6.52. The maximum absolute atomic E-state index is 12.5. The first-order chi connectivity index (χ1) is 12.2. The van der Waals surface area contributed by atoms with Crippen LogP contribution in [-0.4, -0.2) is 21.6 Å². The number of carbonyl (C=O) groups excluding carboxylic acids is 1. The quantitative estimate of drug-likeness (QED) is 0.620. The average Bonchev–Trinajstić information content (AvgIpc) is 3.33. The minimum Gasteiger partial charge on any atom is -0.346 e. The first-order valence-electron chi connectivity index (χ1n) is 8.65. The monoisotopic (exact) mass is 332 g/mol. The van der Waals surface area contributed by atoms with Gasteiger partial charge in [-0.05, 0) is 42.7 Å². The van der Waals surface area contributed by atoms with Gasteiger partial charge in [0.05, 0.1) is 5.69 Å². The fraction of sp³-hybridized carbons (Fsp3) is 0.250. The molecular formula is C20H20N4O.